The number of hydrogen-bond acceptors (Lipinski definition) is 4. The molecule has 2 rings (SSSR count). The summed E-state index contributed by atoms with van der Waals surface area (Å²) in [5.74, 6) is -0.139. The fraction of sp³-hybridized carbons (Fsp3) is 0.560. The van der Waals surface area contributed by atoms with Crippen molar-refractivity contribution in [3.63, 3.8) is 0 Å². The number of rotatable bonds is 12. The largest absolute Gasteiger partial charge is 0.393 e. The molecule has 30 heavy (non-hydrogen) atoms. The van der Waals surface area contributed by atoms with E-state index in [1.54, 1.807) is 6.08 Å². The van der Waals surface area contributed by atoms with Gasteiger partial charge in [0.05, 0.1) is 18.3 Å². The molecule has 1 unspecified atom stereocenters. The van der Waals surface area contributed by atoms with Crippen molar-refractivity contribution < 1.29 is 20.1 Å². The summed E-state index contributed by atoms with van der Waals surface area (Å²) >= 11 is 0. The van der Waals surface area contributed by atoms with E-state index >= 15 is 0 Å². The van der Waals surface area contributed by atoms with Crippen LogP contribution in [0.15, 0.2) is 54.6 Å². The van der Waals surface area contributed by atoms with Gasteiger partial charge in [0, 0.05) is 25.3 Å². The number of aliphatic hydroxyl groups is 3. The van der Waals surface area contributed by atoms with Gasteiger partial charge in [0.2, 0.25) is 5.91 Å². The summed E-state index contributed by atoms with van der Waals surface area (Å²) < 4.78 is 0. The second-order valence-electron chi connectivity index (χ2n) is 8.14. The van der Waals surface area contributed by atoms with E-state index in [-0.39, 0.29) is 17.7 Å². The molecule has 0 aromatic heterocycles. The summed E-state index contributed by atoms with van der Waals surface area (Å²) in [5.41, 5.74) is 1.19. The fourth-order valence-corrected chi connectivity index (χ4v) is 4.06. The second-order valence-corrected chi connectivity index (χ2v) is 8.14. The van der Waals surface area contributed by atoms with E-state index < -0.39 is 18.3 Å². The van der Waals surface area contributed by atoms with Crippen LogP contribution in [0.5, 0.6) is 0 Å². The topological polar surface area (TPSA) is 89.8 Å². The Labute approximate surface area is 180 Å². The highest BCUT2D eigenvalue weighted by Gasteiger charge is 2.39. The SMILES string of the molecule is CCNC(=O)CCC/C=C\C[C@@H]1[C@@H](/C=C/C(O)CCc2ccccc2)[C@@H](O)C[C@@H]1O. The smallest absolute Gasteiger partial charge is 0.219 e. The number of amides is 1. The monoisotopic (exact) mass is 415 g/mol. The Bertz CT molecular complexity index is 673. The van der Waals surface area contributed by atoms with Gasteiger partial charge in [-0.2, -0.15) is 0 Å². The summed E-state index contributed by atoms with van der Waals surface area (Å²) in [6.45, 7) is 2.57. The van der Waals surface area contributed by atoms with E-state index in [1.807, 2.05) is 55.5 Å². The summed E-state index contributed by atoms with van der Waals surface area (Å²) in [6.07, 6.45) is 10.6. The maximum Gasteiger partial charge on any atom is 0.219 e. The van der Waals surface area contributed by atoms with E-state index in [0.717, 1.165) is 19.3 Å². The van der Waals surface area contributed by atoms with Crippen molar-refractivity contribution in [3.05, 3.63) is 60.2 Å². The Morgan fingerprint density at radius 1 is 1.20 bits per heavy atom. The average molecular weight is 416 g/mol. The number of nitrogens with one attached hydrogen (secondary N) is 1. The molecular weight excluding hydrogens is 378 g/mol. The number of carbonyl (C=O) groups excluding carboxylic acids is 1. The number of aryl methyl sites for hydroxylation is 1. The lowest BCUT2D eigenvalue weighted by Gasteiger charge is -2.19. The molecule has 0 spiro atoms. The quantitative estimate of drug-likeness (QED) is 0.312. The molecule has 0 bridgehead atoms. The lowest BCUT2D eigenvalue weighted by atomic mass is 9.89. The zero-order valence-corrected chi connectivity index (χ0v) is 18.0. The van der Waals surface area contributed by atoms with Crippen LogP contribution in [-0.2, 0) is 11.2 Å². The van der Waals surface area contributed by atoms with Gasteiger partial charge in [-0.25, -0.2) is 0 Å². The summed E-state index contributed by atoms with van der Waals surface area (Å²) in [7, 11) is 0. The first-order valence-corrected chi connectivity index (χ1v) is 11.2. The Hall–Kier alpha value is -1.95. The molecule has 5 nitrogen and oxygen atoms in total. The molecule has 0 radical (unpaired) electrons. The van der Waals surface area contributed by atoms with Gasteiger partial charge in [0.15, 0.2) is 0 Å². The Morgan fingerprint density at radius 3 is 2.70 bits per heavy atom. The molecule has 1 fully saturated rings. The zero-order chi connectivity index (χ0) is 21.8. The minimum Gasteiger partial charge on any atom is -0.393 e. The van der Waals surface area contributed by atoms with E-state index in [1.165, 1.54) is 5.56 Å². The third-order valence-corrected chi connectivity index (χ3v) is 5.77. The molecule has 1 aliphatic carbocycles. The maximum absolute atomic E-state index is 11.4. The molecule has 1 aromatic rings. The highest BCUT2D eigenvalue weighted by Crippen LogP contribution is 2.36. The minimum absolute atomic E-state index is 0.0581. The maximum atomic E-state index is 11.4. The van der Waals surface area contributed by atoms with Crippen LogP contribution in [0, 0.1) is 11.8 Å². The Morgan fingerprint density at radius 2 is 1.97 bits per heavy atom. The molecule has 1 amide bonds. The van der Waals surface area contributed by atoms with Crippen molar-refractivity contribution in [2.24, 2.45) is 11.8 Å². The number of benzene rings is 1. The average Bonchev–Trinajstić information content (AvgIpc) is 3.00. The lowest BCUT2D eigenvalue weighted by molar-refractivity contribution is -0.121. The Kier molecular flexibility index (Phi) is 10.8. The normalized spacial score (nSPS) is 25.2. The molecule has 4 N–H and O–H groups in total. The van der Waals surface area contributed by atoms with Crippen LogP contribution in [-0.4, -0.2) is 46.1 Å². The van der Waals surface area contributed by atoms with Crippen molar-refractivity contribution >= 4 is 5.91 Å². The zero-order valence-electron chi connectivity index (χ0n) is 18.0. The molecule has 0 aliphatic heterocycles. The van der Waals surface area contributed by atoms with E-state index in [9.17, 15) is 20.1 Å². The van der Waals surface area contributed by atoms with Gasteiger partial charge in [-0.3, -0.25) is 4.79 Å². The predicted molar refractivity (Wildman–Crippen MR) is 120 cm³/mol. The molecule has 1 saturated carbocycles. The molecule has 1 aliphatic rings. The van der Waals surface area contributed by atoms with E-state index in [4.69, 9.17) is 0 Å². The van der Waals surface area contributed by atoms with Crippen LogP contribution in [0.3, 0.4) is 0 Å². The summed E-state index contributed by atoms with van der Waals surface area (Å²) in [6, 6.07) is 10.1. The van der Waals surface area contributed by atoms with Crippen LogP contribution < -0.4 is 5.32 Å². The van der Waals surface area contributed by atoms with E-state index in [2.05, 4.69) is 5.32 Å². The highest BCUT2D eigenvalue weighted by atomic mass is 16.3. The molecule has 5 atom stereocenters. The number of unbranched alkanes of at least 4 members (excludes halogenated alkanes) is 1. The summed E-state index contributed by atoms with van der Waals surface area (Å²) in [5, 5.41) is 33.8. The third-order valence-electron chi connectivity index (χ3n) is 5.77. The summed E-state index contributed by atoms with van der Waals surface area (Å²) in [4.78, 5) is 11.4. The molecule has 0 heterocycles. The van der Waals surface area contributed by atoms with Gasteiger partial charge in [-0.15, -0.1) is 0 Å². The molecule has 5 heteroatoms. The first-order valence-electron chi connectivity index (χ1n) is 11.2. The predicted octanol–water partition coefficient (Wildman–Crippen LogP) is 3.15. The fourth-order valence-electron chi connectivity index (χ4n) is 4.06. The van der Waals surface area contributed by atoms with Crippen molar-refractivity contribution in [1.82, 2.24) is 5.32 Å². The molecular formula is C25H37NO4. The van der Waals surface area contributed by atoms with Crippen LogP contribution in [0.1, 0.15) is 51.0 Å². The number of hydrogen-bond donors (Lipinski definition) is 4. The van der Waals surface area contributed by atoms with Crippen molar-refractivity contribution in [1.29, 1.82) is 0 Å². The standard InChI is InChI=1S/C25H37NO4/c1-2-26-25(30)13-9-4-3-8-12-21-22(24(29)18-23(21)28)17-16-20(27)15-14-19-10-6-5-7-11-19/h3,5-8,10-11,16-17,20-24,27-29H,2,4,9,12-15,18H2,1H3,(H,26,30)/b8-3-,17-16+/t20?,21-,22-,23+,24+/m1/s1. The lowest BCUT2D eigenvalue weighted by Crippen LogP contribution is -2.21. The molecule has 166 valence electrons. The Balaban J connectivity index is 1.78. The van der Waals surface area contributed by atoms with Gasteiger partial charge in [0.25, 0.3) is 0 Å². The van der Waals surface area contributed by atoms with Crippen LogP contribution >= 0.6 is 0 Å². The number of carbonyl (C=O) groups is 1. The van der Waals surface area contributed by atoms with Gasteiger partial charge < -0.3 is 20.6 Å². The highest BCUT2D eigenvalue weighted by molar-refractivity contribution is 5.75. The molecule has 1 aromatic carbocycles. The van der Waals surface area contributed by atoms with Crippen molar-refractivity contribution in [3.8, 4) is 0 Å². The third kappa shape index (κ3) is 8.42. The van der Waals surface area contributed by atoms with Crippen LogP contribution in [0.25, 0.3) is 0 Å². The second kappa shape index (κ2) is 13.4. The van der Waals surface area contributed by atoms with Gasteiger partial charge >= 0.3 is 0 Å². The van der Waals surface area contributed by atoms with Gasteiger partial charge in [0.1, 0.15) is 0 Å². The number of allylic oxidation sites excluding steroid dienone is 2. The van der Waals surface area contributed by atoms with Crippen LogP contribution in [0.2, 0.25) is 0 Å². The minimum atomic E-state index is -0.589. The number of aliphatic hydroxyl groups excluding tert-OH is 3. The van der Waals surface area contributed by atoms with Crippen molar-refractivity contribution in [2.45, 2.75) is 70.2 Å². The van der Waals surface area contributed by atoms with Gasteiger partial charge in [-0.1, -0.05) is 54.6 Å². The molecule has 0 saturated heterocycles. The van der Waals surface area contributed by atoms with Crippen molar-refractivity contribution in [2.75, 3.05) is 6.54 Å². The first kappa shape index (κ1) is 24.3. The van der Waals surface area contributed by atoms with Crippen LogP contribution in [0.4, 0.5) is 0 Å². The van der Waals surface area contributed by atoms with Gasteiger partial charge in [-0.05, 0) is 50.5 Å². The first-order chi connectivity index (χ1) is 14.5. The van der Waals surface area contributed by atoms with E-state index in [0.29, 0.717) is 32.2 Å².